The van der Waals surface area contributed by atoms with Crippen LogP contribution in [0.25, 0.3) is 0 Å². The van der Waals surface area contributed by atoms with Gasteiger partial charge in [0.25, 0.3) is 0 Å². The molecule has 0 spiro atoms. The van der Waals surface area contributed by atoms with Gasteiger partial charge in [0, 0.05) is 0 Å². The van der Waals surface area contributed by atoms with E-state index >= 15 is 0 Å². The van der Waals surface area contributed by atoms with Crippen LogP contribution >= 0.6 is 0 Å². The minimum atomic E-state index is 0. The Morgan fingerprint density at radius 1 is 0.909 bits per heavy atom. The summed E-state index contributed by atoms with van der Waals surface area (Å²) in [6, 6.07) is 0. The maximum atomic E-state index is 5.56. The van der Waals surface area contributed by atoms with E-state index in [0.717, 1.165) is 25.9 Å². The summed E-state index contributed by atoms with van der Waals surface area (Å²) in [5, 5.41) is 0. The van der Waals surface area contributed by atoms with Crippen molar-refractivity contribution in [2.45, 2.75) is 26.7 Å². The number of nitrogens with two attached hydrogens (primary N) is 2. The fourth-order valence-corrected chi connectivity index (χ4v) is 0.911. The van der Waals surface area contributed by atoms with Gasteiger partial charge in [-0.2, -0.15) is 0 Å². The molecule has 4 heteroatoms. The highest BCUT2D eigenvalue weighted by atomic mass is 14.7. The van der Waals surface area contributed by atoms with Crippen LogP contribution in [-0.4, -0.2) is 13.1 Å². The second kappa shape index (κ2) is 7.94. The molecule has 0 amide bonds. The van der Waals surface area contributed by atoms with Gasteiger partial charge in [0.05, 0.1) is 0 Å². The van der Waals surface area contributed by atoms with Gasteiger partial charge in [0.1, 0.15) is 0 Å². The maximum Gasteiger partial charge on any atom is -0.000865 e. The van der Waals surface area contributed by atoms with E-state index < -0.39 is 0 Å². The minimum Gasteiger partial charge on any atom is -0.344 e. The SMILES string of the molecule is CCC(CC)(CN)CN.N.N. The Morgan fingerprint density at radius 3 is 1.18 bits per heavy atom. The van der Waals surface area contributed by atoms with Crippen molar-refractivity contribution >= 4 is 0 Å². The monoisotopic (exact) mass is 164 g/mol. The second-order valence-corrected chi connectivity index (χ2v) is 2.62. The number of hydrogen-bond acceptors (Lipinski definition) is 4. The molecule has 0 atom stereocenters. The minimum absolute atomic E-state index is 0. The van der Waals surface area contributed by atoms with Crippen LogP contribution < -0.4 is 23.8 Å². The van der Waals surface area contributed by atoms with Crippen LogP contribution in [0, 0.1) is 5.41 Å². The molecule has 11 heavy (non-hydrogen) atoms. The Hall–Kier alpha value is -0.160. The first kappa shape index (κ1) is 17.1. The molecule has 4 nitrogen and oxygen atoms in total. The van der Waals surface area contributed by atoms with Gasteiger partial charge < -0.3 is 23.8 Å². The van der Waals surface area contributed by atoms with E-state index in [1.807, 2.05) is 0 Å². The summed E-state index contributed by atoms with van der Waals surface area (Å²) < 4.78 is 0. The first-order valence-corrected chi connectivity index (χ1v) is 3.64. The predicted molar refractivity (Wildman–Crippen MR) is 51.2 cm³/mol. The highest BCUT2D eigenvalue weighted by Crippen LogP contribution is 2.22. The maximum absolute atomic E-state index is 5.56. The topological polar surface area (TPSA) is 122 Å². The normalized spacial score (nSPS) is 9.82. The summed E-state index contributed by atoms with van der Waals surface area (Å²) in [7, 11) is 0. The Bertz CT molecular complexity index is 53.3. The molecule has 0 heterocycles. The van der Waals surface area contributed by atoms with Crippen molar-refractivity contribution in [2.24, 2.45) is 16.9 Å². The second-order valence-electron chi connectivity index (χ2n) is 2.62. The van der Waals surface area contributed by atoms with Crippen LogP contribution in [0.2, 0.25) is 0 Å². The third kappa shape index (κ3) is 4.31. The predicted octanol–water partition coefficient (Wildman–Crippen LogP) is 1.03. The summed E-state index contributed by atoms with van der Waals surface area (Å²) in [5.74, 6) is 0. The summed E-state index contributed by atoms with van der Waals surface area (Å²) in [5.41, 5.74) is 11.3. The van der Waals surface area contributed by atoms with Gasteiger partial charge in [-0.15, -0.1) is 0 Å². The zero-order valence-electron chi connectivity index (χ0n) is 7.90. The molecule has 0 saturated heterocycles. The van der Waals surface area contributed by atoms with E-state index in [-0.39, 0.29) is 17.7 Å². The molecule has 0 radical (unpaired) electrons. The van der Waals surface area contributed by atoms with E-state index in [1.165, 1.54) is 0 Å². The molecule has 0 saturated carbocycles. The van der Waals surface area contributed by atoms with E-state index in [1.54, 1.807) is 0 Å². The number of hydrogen-bond donors (Lipinski definition) is 4. The van der Waals surface area contributed by atoms with Crippen molar-refractivity contribution in [3.8, 4) is 0 Å². The van der Waals surface area contributed by atoms with Gasteiger partial charge in [-0.05, 0) is 31.3 Å². The molecule has 0 rings (SSSR count). The molecular formula is C7H24N4. The summed E-state index contributed by atoms with van der Waals surface area (Å²) in [6.07, 6.45) is 2.19. The van der Waals surface area contributed by atoms with E-state index in [9.17, 15) is 0 Å². The van der Waals surface area contributed by atoms with Crippen LogP contribution in [0.5, 0.6) is 0 Å². The van der Waals surface area contributed by atoms with Gasteiger partial charge in [-0.1, -0.05) is 13.8 Å². The molecule has 0 aliphatic rings. The number of rotatable bonds is 4. The van der Waals surface area contributed by atoms with E-state index in [0.29, 0.717) is 0 Å². The molecule has 0 unspecified atom stereocenters. The van der Waals surface area contributed by atoms with Crippen molar-refractivity contribution in [3.05, 3.63) is 0 Å². The zero-order chi connectivity index (χ0) is 7.33. The van der Waals surface area contributed by atoms with Crippen molar-refractivity contribution in [3.63, 3.8) is 0 Å². The summed E-state index contributed by atoms with van der Waals surface area (Å²) in [4.78, 5) is 0. The third-order valence-electron chi connectivity index (χ3n) is 2.37. The smallest absolute Gasteiger partial charge is 0.000865 e. The molecule has 72 valence electrons. The molecule has 0 aromatic heterocycles. The van der Waals surface area contributed by atoms with Crippen LogP contribution in [0.1, 0.15) is 26.7 Å². The summed E-state index contributed by atoms with van der Waals surface area (Å²) >= 11 is 0. The Morgan fingerprint density at radius 2 is 1.18 bits per heavy atom. The highest BCUT2D eigenvalue weighted by molar-refractivity contribution is 4.77. The zero-order valence-corrected chi connectivity index (χ0v) is 7.90. The molecular weight excluding hydrogens is 140 g/mol. The fraction of sp³-hybridized carbons (Fsp3) is 1.00. The third-order valence-corrected chi connectivity index (χ3v) is 2.37. The fourth-order valence-electron chi connectivity index (χ4n) is 0.911. The van der Waals surface area contributed by atoms with Crippen LogP contribution in [0.3, 0.4) is 0 Å². The Balaban J connectivity index is -0.000000320. The average Bonchev–Trinajstić information content (AvgIpc) is 1.95. The standard InChI is InChI=1S/C7H18N2.2H3N/c1-3-7(4-2,5-8)6-9;;/h3-6,8-9H2,1-2H3;2*1H3. The van der Waals surface area contributed by atoms with Gasteiger partial charge in [0.2, 0.25) is 0 Å². The lowest BCUT2D eigenvalue weighted by Crippen LogP contribution is -2.36. The van der Waals surface area contributed by atoms with Gasteiger partial charge in [-0.25, -0.2) is 0 Å². The lowest BCUT2D eigenvalue weighted by atomic mass is 9.83. The molecule has 0 aromatic rings. The molecule has 0 bridgehead atoms. The van der Waals surface area contributed by atoms with E-state index in [2.05, 4.69) is 13.8 Å². The largest absolute Gasteiger partial charge is 0.344 e. The lowest BCUT2D eigenvalue weighted by Gasteiger charge is -2.27. The van der Waals surface area contributed by atoms with Crippen molar-refractivity contribution < 1.29 is 0 Å². The Kier molecular flexibility index (Phi) is 12.3. The molecule has 10 N–H and O–H groups in total. The average molecular weight is 164 g/mol. The van der Waals surface area contributed by atoms with Crippen molar-refractivity contribution in [2.75, 3.05) is 13.1 Å². The van der Waals surface area contributed by atoms with Crippen LogP contribution in [-0.2, 0) is 0 Å². The van der Waals surface area contributed by atoms with Gasteiger partial charge in [0.15, 0.2) is 0 Å². The van der Waals surface area contributed by atoms with Gasteiger partial charge >= 0.3 is 0 Å². The first-order valence-electron chi connectivity index (χ1n) is 3.64. The van der Waals surface area contributed by atoms with Crippen LogP contribution in [0.15, 0.2) is 0 Å². The Labute approximate surface area is 69.9 Å². The first-order chi connectivity index (χ1) is 4.24. The highest BCUT2D eigenvalue weighted by Gasteiger charge is 2.21. The van der Waals surface area contributed by atoms with Crippen molar-refractivity contribution in [1.29, 1.82) is 0 Å². The molecule has 0 aliphatic carbocycles. The lowest BCUT2D eigenvalue weighted by molar-refractivity contribution is 0.285. The molecule has 0 fully saturated rings. The van der Waals surface area contributed by atoms with Crippen molar-refractivity contribution in [1.82, 2.24) is 12.3 Å². The van der Waals surface area contributed by atoms with Crippen LogP contribution in [0.4, 0.5) is 0 Å². The summed E-state index contributed by atoms with van der Waals surface area (Å²) in [6.45, 7) is 5.72. The molecule has 0 aromatic carbocycles. The quantitative estimate of drug-likeness (QED) is 0.495. The van der Waals surface area contributed by atoms with E-state index in [4.69, 9.17) is 11.5 Å². The molecule has 0 aliphatic heterocycles. The van der Waals surface area contributed by atoms with Gasteiger partial charge in [-0.3, -0.25) is 0 Å².